The van der Waals surface area contributed by atoms with Crippen LogP contribution >= 0.6 is 11.3 Å². The van der Waals surface area contributed by atoms with Gasteiger partial charge in [0, 0.05) is 17.9 Å². The van der Waals surface area contributed by atoms with Crippen LogP contribution in [0.15, 0.2) is 54.6 Å². The summed E-state index contributed by atoms with van der Waals surface area (Å²) in [6.45, 7) is 8.41. The molecule has 2 aromatic heterocycles. The molecule has 5 nitrogen and oxygen atoms in total. The van der Waals surface area contributed by atoms with Gasteiger partial charge in [0.2, 0.25) is 0 Å². The summed E-state index contributed by atoms with van der Waals surface area (Å²) in [6, 6.07) is 18.0. The average molecular weight is 463 g/mol. The zero-order valence-electron chi connectivity index (χ0n) is 19.8. The molecule has 2 aromatic carbocycles. The molecule has 2 heterocycles. The number of ketones is 1. The summed E-state index contributed by atoms with van der Waals surface area (Å²) in [4.78, 5) is 17.7. The molecule has 0 aliphatic heterocycles. The number of ether oxygens (including phenoxy) is 2. The van der Waals surface area contributed by atoms with E-state index >= 15 is 0 Å². The van der Waals surface area contributed by atoms with Crippen LogP contribution in [0.1, 0.15) is 41.6 Å². The van der Waals surface area contributed by atoms with E-state index in [4.69, 9.17) is 15.2 Å². The lowest BCUT2D eigenvalue weighted by Crippen LogP contribution is -1.94. The molecule has 0 spiro atoms. The van der Waals surface area contributed by atoms with Gasteiger partial charge >= 0.3 is 0 Å². The lowest BCUT2D eigenvalue weighted by Gasteiger charge is -2.09. The first-order chi connectivity index (χ1) is 15.9. The smallest absolute Gasteiger partial charge is 0.171 e. The number of nitrogens with zero attached hydrogens (tertiary/aromatic N) is 1. The highest BCUT2D eigenvalue weighted by Gasteiger charge is 2.15. The number of thiophene rings is 1. The summed E-state index contributed by atoms with van der Waals surface area (Å²) in [6.07, 6.45) is 0.889. The van der Waals surface area contributed by atoms with Crippen molar-refractivity contribution in [3.63, 3.8) is 0 Å². The molecular weight excluding hydrogens is 432 g/mol. The van der Waals surface area contributed by atoms with Crippen LogP contribution < -0.4 is 15.2 Å². The number of rotatable bonds is 6. The predicted octanol–water partition coefficient (Wildman–Crippen LogP) is 6.71. The first-order valence-corrected chi connectivity index (χ1v) is 11.8. The summed E-state index contributed by atoms with van der Waals surface area (Å²) >= 11 is 1.35. The van der Waals surface area contributed by atoms with Crippen molar-refractivity contribution in [3.05, 3.63) is 70.6 Å². The van der Waals surface area contributed by atoms with Gasteiger partial charge in [0.1, 0.15) is 16.3 Å². The van der Waals surface area contributed by atoms with E-state index in [1.807, 2.05) is 55.5 Å². The van der Waals surface area contributed by atoms with Gasteiger partial charge in [-0.05, 0) is 68.3 Å². The number of Topliss-reactive ketones (excluding diaryl/α,β-unsaturated/α-hetero) is 1. The molecule has 4 aromatic rings. The Morgan fingerprint density at radius 2 is 1.79 bits per heavy atom. The van der Waals surface area contributed by atoms with E-state index in [9.17, 15) is 4.79 Å². The Hall–Kier alpha value is -3.38. The standard InChI is InChI=1S/C18H18N2O2S.C9H12O/c1-4-11-9-12(5-8-15(11)22-3)14-7-6-13-16(19)17(10(2)21)23-18(13)20-14;1-3-10-9-6-4-8(2)5-7-9/h5-9H,4,19H2,1-3H3;4-7H,3H2,1-2H3. The number of pyridine rings is 1. The van der Waals surface area contributed by atoms with Crippen LogP contribution in [0.2, 0.25) is 0 Å². The Morgan fingerprint density at radius 3 is 2.39 bits per heavy atom. The van der Waals surface area contributed by atoms with Gasteiger partial charge in [-0.25, -0.2) is 4.98 Å². The zero-order chi connectivity index (χ0) is 24.0. The van der Waals surface area contributed by atoms with Crippen LogP contribution in [0.25, 0.3) is 21.5 Å². The molecule has 0 saturated carbocycles. The van der Waals surface area contributed by atoms with E-state index in [0.717, 1.165) is 51.6 Å². The predicted molar refractivity (Wildman–Crippen MR) is 138 cm³/mol. The molecule has 2 N–H and O–H groups in total. The van der Waals surface area contributed by atoms with E-state index < -0.39 is 0 Å². The molecule has 0 aliphatic carbocycles. The summed E-state index contributed by atoms with van der Waals surface area (Å²) in [5.41, 5.74) is 10.9. The number of aryl methyl sites for hydroxylation is 2. The van der Waals surface area contributed by atoms with Crippen LogP contribution in [0.4, 0.5) is 5.69 Å². The second-order valence-electron chi connectivity index (χ2n) is 7.58. The normalized spacial score (nSPS) is 10.5. The van der Waals surface area contributed by atoms with Crippen molar-refractivity contribution in [3.8, 4) is 22.8 Å². The number of nitrogen functional groups attached to an aromatic ring is 1. The van der Waals surface area contributed by atoms with E-state index in [0.29, 0.717) is 10.6 Å². The van der Waals surface area contributed by atoms with E-state index in [1.54, 1.807) is 7.11 Å². The minimum absolute atomic E-state index is 0.0234. The first kappa shape index (κ1) is 24.3. The molecule has 0 amide bonds. The summed E-state index contributed by atoms with van der Waals surface area (Å²) in [7, 11) is 1.68. The quantitative estimate of drug-likeness (QED) is 0.322. The van der Waals surface area contributed by atoms with Gasteiger partial charge in [-0.15, -0.1) is 11.3 Å². The van der Waals surface area contributed by atoms with Gasteiger partial charge in [0.25, 0.3) is 0 Å². The number of nitrogens with two attached hydrogens (primary N) is 1. The van der Waals surface area contributed by atoms with Crippen molar-refractivity contribution in [2.45, 2.75) is 34.1 Å². The van der Waals surface area contributed by atoms with Gasteiger partial charge in [-0.2, -0.15) is 0 Å². The van der Waals surface area contributed by atoms with Gasteiger partial charge in [0.05, 0.1) is 30.0 Å². The number of aromatic nitrogens is 1. The molecule has 6 heteroatoms. The average Bonchev–Trinajstić information content (AvgIpc) is 3.16. The molecule has 0 fully saturated rings. The second-order valence-corrected chi connectivity index (χ2v) is 8.58. The monoisotopic (exact) mass is 462 g/mol. The Balaban J connectivity index is 0.000000257. The van der Waals surface area contributed by atoms with Crippen LogP contribution in [0, 0.1) is 6.92 Å². The molecule has 0 saturated heterocycles. The number of methoxy groups -OCH3 is 1. The van der Waals surface area contributed by atoms with Crippen molar-refractivity contribution in [2.24, 2.45) is 0 Å². The van der Waals surface area contributed by atoms with Gasteiger partial charge in [0.15, 0.2) is 5.78 Å². The molecule has 0 atom stereocenters. The fourth-order valence-electron chi connectivity index (χ4n) is 3.43. The lowest BCUT2D eigenvalue weighted by atomic mass is 10.0. The summed E-state index contributed by atoms with van der Waals surface area (Å²) in [5.74, 6) is 1.81. The van der Waals surface area contributed by atoms with Crippen LogP contribution in [-0.4, -0.2) is 24.5 Å². The molecule has 0 bridgehead atoms. The maximum absolute atomic E-state index is 11.6. The van der Waals surface area contributed by atoms with Crippen molar-refractivity contribution < 1.29 is 14.3 Å². The molecule has 0 radical (unpaired) electrons. The highest BCUT2D eigenvalue weighted by molar-refractivity contribution is 7.21. The maximum atomic E-state index is 11.6. The highest BCUT2D eigenvalue weighted by atomic mass is 32.1. The SMILES string of the molecule is CCOc1ccc(C)cc1.CCc1cc(-c2ccc3c(N)c(C(C)=O)sc3n2)ccc1OC. The van der Waals surface area contributed by atoms with Crippen molar-refractivity contribution in [2.75, 3.05) is 19.5 Å². The number of hydrogen-bond donors (Lipinski definition) is 1. The fraction of sp³-hybridized carbons (Fsp3) is 0.259. The number of anilines is 1. The third-order valence-electron chi connectivity index (χ3n) is 5.20. The number of carbonyl (C=O) groups excluding carboxylic acids is 1. The second kappa shape index (κ2) is 11.0. The Morgan fingerprint density at radius 1 is 1.06 bits per heavy atom. The maximum Gasteiger partial charge on any atom is 0.171 e. The first-order valence-electron chi connectivity index (χ1n) is 10.9. The number of fused-ring (bicyclic) bond motifs is 1. The fourth-order valence-corrected chi connectivity index (χ4v) is 4.42. The molecular formula is C27H30N2O3S. The molecule has 172 valence electrons. The number of carbonyl (C=O) groups is 1. The third kappa shape index (κ3) is 5.71. The topological polar surface area (TPSA) is 74.4 Å². The Kier molecular flexibility index (Phi) is 8.06. The largest absolute Gasteiger partial charge is 0.496 e. The molecule has 0 aliphatic rings. The minimum atomic E-state index is -0.0234. The zero-order valence-corrected chi connectivity index (χ0v) is 20.6. The van der Waals surface area contributed by atoms with Crippen molar-refractivity contribution in [1.82, 2.24) is 4.98 Å². The van der Waals surface area contributed by atoms with Crippen LogP contribution in [-0.2, 0) is 6.42 Å². The van der Waals surface area contributed by atoms with E-state index in [-0.39, 0.29) is 5.78 Å². The Labute approximate surface area is 199 Å². The van der Waals surface area contributed by atoms with Gasteiger partial charge in [-0.1, -0.05) is 24.6 Å². The highest BCUT2D eigenvalue weighted by Crippen LogP contribution is 2.35. The number of benzene rings is 2. The third-order valence-corrected chi connectivity index (χ3v) is 6.42. The van der Waals surface area contributed by atoms with E-state index in [1.165, 1.54) is 23.8 Å². The molecule has 33 heavy (non-hydrogen) atoms. The minimum Gasteiger partial charge on any atom is -0.496 e. The van der Waals surface area contributed by atoms with Crippen molar-refractivity contribution in [1.29, 1.82) is 0 Å². The summed E-state index contributed by atoms with van der Waals surface area (Å²) in [5, 5.41) is 0.841. The van der Waals surface area contributed by atoms with Crippen LogP contribution in [0.3, 0.4) is 0 Å². The van der Waals surface area contributed by atoms with Gasteiger partial charge < -0.3 is 15.2 Å². The molecule has 0 unspecified atom stereocenters. The lowest BCUT2D eigenvalue weighted by molar-refractivity contribution is 0.102. The van der Waals surface area contributed by atoms with Crippen molar-refractivity contribution >= 4 is 33.0 Å². The van der Waals surface area contributed by atoms with E-state index in [2.05, 4.69) is 24.9 Å². The van der Waals surface area contributed by atoms with Crippen LogP contribution in [0.5, 0.6) is 11.5 Å². The molecule has 4 rings (SSSR count). The number of hydrogen-bond acceptors (Lipinski definition) is 6. The summed E-state index contributed by atoms with van der Waals surface area (Å²) < 4.78 is 10.6. The Bertz CT molecular complexity index is 1250. The van der Waals surface area contributed by atoms with Gasteiger partial charge in [-0.3, -0.25) is 4.79 Å².